The Labute approximate surface area is 193 Å². The van der Waals surface area contributed by atoms with Gasteiger partial charge in [-0.05, 0) is 54.1 Å². The summed E-state index contributed by atoms with van der Waals surface area (Å²) >= 11 is 12.1. The van der Waals surface area contributed by atoms with Crippen molar-refractivity contribution in [3.8, 4) is 11.5 Å². The van der Waals surface area contributed by atoms with Crippen LogP contribution in [0.5, 0.6) is 11.5 Å². The third-order valence-electron chi connectivity index (χ3n) is 4.58. The number of aliphatic imine (C=N–C) groups is 1. The SMILES string of the molecule is COc1cc(C=C2N=C(c3cccc(F)c3)OC2=O)ccc1OCc1ccc(Cl)cc1Cl. The Morgan fingerprint density at radius 1 is 1.06 bits per heavy atom. The van der Waals surface area contributed by atoms with Gasteiger partial charge in [-0.25, -0.2) is 14.2 Å². The Kier molecular flexibility index (Phi) is 6.44. The number of halogens is 3. The molecule has 0 saturated carbocycles. The zero-order valence-corrected chi connectivity index (χ0v) is 18.3. The molecule has 4 rings (SSSR count). The smallest absolute Gasteiger partial charge is 0.363 e. The number of esters is 1. The van der Waals surface area contributed by atoms with Crippen molar-refractivity contribution in [1.82, 2.24) is 0 Å². The van der Waals surface area contributed by atoms with Crippen LogP contribution in [0.1, 0.15) is 16.7 Å². The van der Waals surface area contributed by atoms with Crippen LogP contribution in [0, 0.1) is 5.82 Å². The number of methoxy groups -OCH3 is 1. The predicted molar refractivity (Wildman–Crippen MR) is 121 cm³/mol. The molecule has 0 N–H and O–H groups in total. The second-order valence-electron chi connectivity index (χ2n) is 6.78. The van der Waals surface area contributed by atoms with Crippen molar-refractivity contribution in [2.24, 2.45) is 4.99 Å². The van der Waals surface area contributed by atoms with E-state index < -0.39 is 11.8 Å². The first kappa shape index (κ1) is 21.9. The van der Waals surface area contributed by atoms with Crippen LogP contribution in [0.2, 0.25) is 10.0 Å². The first-order chi connectivity index (χ1) is 15.4. The summed E-state index contributed by atoms with van der Waals surface area (Å²) in [5.41, 5.74) is 1.89. The maximum Gasteiger partial charge on any atom is 0.363 e. The fourth-order valence-corrected chi connectivity index (χ4v) is 3.46. The van der Waals surface area contributed by atoms with Gasteiger partial charge in [0.05, 0.1) is 7.11 Å². The van der Waals surface area contributed by atoms with E-state index in [4.69, 9.17) is 37.4 Å². The third kappa shape index (κ3) is 4.93. The molecule has 0 fully saturated rings. The molecule has 32 heavy (non-hydrogen) atoms. The van der Waals surface area contributed by atoms with Gasteiger partial charge in [0.15, 0.2) is 17.2 Å². The van der Waals surface area contributed by atoms with E-state index in [0.717, 1.165) is 5.56 Å². The zero-order chi connectivity index (χ0) is 22.7. The van der Waals surface area contributed by atoms with Gasteiger partial charge in [-0.1, -0.05) is 41.4 Å². The lowest BCUT2D eigenvalue weighted by atomic mass is 10.1. The molecule has 8 heteroatoms. The zero-order valence-electron chi connectivity index (χ0n) is 16.8. The molecule has 3 aromatic carbocycles. The highest BCUT2D eigenvalue weighted by Crippen LogP contribution is 2.31. The van der Waals surface area contributed by atoms with E-state index in [1.165, 1.54) is 25.3 Å². The predicted octanol–water partition coefficient (Wildman–Crippen LogP) is 6.06. The first-order valence-corrected chi connectivity index (χ1v) is 10.2. The third-order valence-corrected chi connectivity index (χ3v) is 5.17. The van der Waals surface area contributed by atoms with E-state index in [-0.39, 0.29) is 18.2 Å². The van der Waals surface area contributed by atoms with Gasteiger partial charge in [0, 0.05) is 21.2 Å². The summed E-state index contributed by atoms with van der Waals surface area (Å²) in [6.07, 6.45) is 1.55. The molecule has 1 aliphatic rings. The summed E-state index contributed by atoms with van der Waals surface area (Å²) in [7, 11) is 1.51. The van der Waals surface area contributed by atoms with Crippen molar-refractivity contribution in [3.05, 3.63) is 98.9 Å². The molecule has 0 saturated heterocycles. The lowest BCUT2D eigenvalue weighted by molar-refractivity contribution is -0.129. The second kappa shape index (κ2) is 9.42. The highest BCUT2D eigenvalue weighted by atomic mass is 35.5. The molecule has 0 aliphatic carbocycles. The van der Waals surface area contributed by atoms with Crippen LogP contribution in [0.4, 0.5) is 4.39 Å². The highest BCUT2D eigenvalue weighted by molar-refractivity contribution is 6.35. The van der Waals surface area contributed by atoms with Gasteiger partial charge in [0.2, 0.25) is 5.90 Å². The van der Waals surface area contributed by atoms with Crippen LogP contribution in [0.15, 0.2) is 71.4 Å². The van der Waals surface area contributed by atoms with E-state index in [9.17, 15) is 9.18 Å². The number of nitrogens with zero attached hydrogens (tertiary/aromatic N) is 1. The Balaban J connectivity index is 1.54. The molecular formula is C24H16Cl2FNO4. The molecule has 1 heterocycles. The van der Waals surface area contributed by atoms with Crippen LogP contribution >= 0.6 is 23.2 Å². The Hall–Kier alpha value is -3.35. The molecule has 3 aromatic rings. The standard InChI is InChI=1S/C24H16Cl2FNO4/c1-30-22-10-14(5-8-21(22)31-13-16-6-7-17(25)12-19(16)26)9-20-24(29)32-23(28-20)15-3-2-4-18(27)11-15/h2-12H,13H2,1H3. The summed E-state index contributed by atoms with van der Waals surface area (Å²) in [6, 6.07) is 16.0. The maximum atomic E-state index is 13.4. The lowest BCUT2D eigenvalue weighted by Crippen LogP contribution is -2.05. The summed E-state index contributed by atoms with van der Waals surface area (Å²) in [4.78, 5) is 16.4. The second-order valence-corrected chi connectivity index (χ2v) is 7.62. The van der Waals surface area contributed by atoms with Gasteiger partial charge in [0.1, 0.15) is 12.4 Å². The van der Waals surface area contributed by atoms with Crippen LogP contribution in [-0.4, -0.2) is 19.0 Å². The van der Waals surface area contributed by atoms with E-state index in [1.807, 2.05) is 0 Å². The number of carbonyl (C=O) groups excluding carboxylic acids is 1. The minimum Gasteiger partial charge on any atom is -0.493 e. The van der Waals surface area contributed by atoms with Gasteiger partial charge in [-0.15, -0.1) is 0 Å². The number of hydrogen-bond acceptors (Lipinski definition) is 5. The van der Waals surface area contributed by atoms with E-state index >= 15 is 0 Å². The summed E-state index contributed by atoms with van der Waals surface area (Å²) in [6.45, 7) is 0.223. The maximum absolute atomic E-state index is 13.4. The van der Waals surface area contributed by atoms with E-state index in [0.29, 0.717) is 32.7 Å². The number of rotatable bonds is 6. The molecular weight excluding hydrogens is 456 g/mol. The quantitative estimate of drug-likeness (QED) is 0.323. The number of cyclic esters (lactones) is 1. The molecule has 0 aromatic heterocycles. The lowest BCUT2D eigenvalue weighted by Gasteiger charge is -2.12. The molecule has 0 bridgehead atoms. The fraction of sp³-hybridized carbons (Fsp3) is 0.0833. The van der Waals surface area contributed by atoms with Gasteiger partial charge in [-0.2, -0.15) is 0 Å². The average molecular weight is 472 g/mol. The molecule has 162 valence electrons. The molecule has 0 radical (unpaired) electrons. The van der Waals surface area contributed by atoms with Gasteiger partial charge in [-0.3, -0.25) is 0 Å². The molecule has 0 amide bonds. The monoisotopic (exact) mass is 471 g/mol. The van der Waals surface area contributed by atoms with Gasteiger partial charge < -0.3 is 14.2 Å². The van der Waals surface area contributed by atoms with Gasteiger partial charge >= 0.3 is 5.97 Å². The van der Waals surface area contributed by atoms with Gasteiger partial charge in [0.25, 0.3) is 0 Å². The molecule has 0 atom stereocenters. The summed E-state index contributed by atoms with van der Waals surface area (Å²) < 4.78 is 29.9. The molecule has 0 spiro atoms. The van der Waals surface area contributed by atoms with E-state index in [2.05, 4.69) is 4.99 Å². The summed E-state index contributed by atoms with van der Waals surface area (Å²) in [5.74, 6) is -0.0592. The van der Waals surface area contributed by atoms with Crippen molar-refractivity contribution in [2.75, 3.05) is 7.11 Å². The van der Waals surface area contributed by atoms with Crippen molar-refractivity contribution < 1.29 is 23.4 Å². The first-order valence-electron chi connectivity index (χ1n) is 9.46. The Morgan fingerprint density at radius 2 is 1.91 bits per heavy atom. The van der Waals surface area contributed by atoms with Crippen LogP contribution in [0.3, 0.4) is 0 Å². The number of ether oxygens (including phenoxy) is 3. The van der Waals surface area contributed by atoms with E-state index in [1.54, 1.807) is 48.5 Å². The Morgan fingerprint density at radius 3 is 2.66 bits per heavy atom. The fourth-order valence-electron chi connectivity index (χ4n) is 3.00. The molecule has 5 nitrogen and oxygen atoms in total. The number of carbonyl (C=O) groups is 1. The molecule has 0 unspecified atom stereocenters. The van der Waals surface area contributed by atoms with Crippen molar-refractivity contribution >= 4 is 41.1 Å². The topological polar surface area (TPSA) is 57.1 Å². The van der Waals surface area contributed by atoms with Crippen molar-refractivity contribution in [2.45, 2.75) is 6.61 Å². The number of benzene rings is 3. The van der Waals surface area contributed by atoms with Crippen LogP contribution < -0.4 is 9.47 Å². The number of hydrogen-bond donors (Lipinski definition) is 0. The van der Waals surface area contributed by atoms with Crippen molar-refractivity contribution in [3.63, 3.8) is 0 Å². The largest absolute Gasteiger partial charge is 0.493 e. The minimum absolute atomic E-state index is 0.0486. The van der Waals surface area contributed by atoms with Crippen LogP contribution in [-0.2, 0) is 16.1 Å². The van der Waals surface area contributed by atoms with Crippen molar-refractivity contribution in [1.29, 1.82) is 0 Å². The molecule has 1 aliphatic heterocycles. The highest BCUT2D eigenvalue weighted by Gasteiger charge is 2.24. The Bertz CT molecular complexity index is 1260. The normalized spacial score (nSPS) is 14.3. The van der Waals surface area contributed by atoms with Crippen LogP contribution in [0.25, 0.3) is 6.08 Å². The minimum atomic E-state index is -0.624. The summed E-state index contributed by atoms with van der Waals surface area (Å²) in [5, 5.41) is 1.05. The average Bonchev–Trinajstić information content (AvgIpc) is 3.14.